The van der Waals surface area contributed by atoms with Crippen LogP contribution in [0.15, 0.2) is 61.2 Å². The van der Waals surface area contributed by atoms with Crippen LogP contribution < -0.4 is 10.6 Å². The van der Waals surface area contributed by atoms with Gasteiger partial charge in [-0.1, -0.05) is 6.07 Å². The average molecular weight is 340 g/mol. The molecular formula is C18H14F2N4O. The first-order valence-electron chi connectivity index (χ1n) is 7.46. The largest absolute Gasteiger partial charge is 0.380 e. The zero-order valence-corrected chi connectivity index (χ0v) is 13.0. The number of pyridine rings is 2. The molecule has 3 rings (SSSR count). The number of hydrogen-bond donors (Lipinski definition) is 2. The van der Waals surface area contributed by atoms with E-state index in [4.69, 9.17) is 0 Å². The normalized spacial score (nSPS) is 10.3. The van der Waals surface area contributed by atoms with Crippen molar-refractivity contribution in [2.24, 2.45) is 0 Å². The SMILES string of the molecule is O=C(Nc1ccc(F)c(F)c1)c1cncc(NCc2cccnc2)c1. The molecule has 0 radical (unpaired) electrons. The Morgan fingerprint density at radius 2 is 1.84 bits per heavy atom. The third-order valence-corrected chi connectivity index (χ3v) is 3.40. The Hall–Kier alpha value is -3.35. The van der Waals surface area contributed by atoms with Gasteiger partial charge in [-0.05, 0) is 29.8 Å². The highest BCUT2D eigenvalue weighted by atomic mass is 19.2. The van der Waals surface area contributed by atoms with Gasteiger partial charge >= 0.3 is 0 Å². The molecule has 0 aliphatic rings. The van der Waals surface area contributed by atoms with Crippen LogP contribution in [0.1, 0.15) is 15.9 Å². The fraction of sp³-hybridized carbons (Fsp3) is 0.0556. The van der Waals surface area contributed by atoms with Crippen LogP contribution in [0.5, 0.6) is 0 Å². The van der Waals surface area contributed by atoms with Crippen molar-refractivity contribution < 1.29 is 13.6 Å². The van der Waals surface area contributed by atoms with Crippen molar-refractivity contribution in [3.8, 4) is 0 Å². The van der Waals surface area contributed by atoms with E-state index < -0.39 is 17.5 Å². The number of amides is 1. The first kappa shape index (κ1) is 16.5. The van der Waals surface area contributed by atoms with E-state index in [1.807, 2.05) is 12.1 Å². The van der Waals surface area contributed by atoms with Gasteiger partial charge in [0.25, 0.3) is 5.91 Å². The molecular weight excluding hydrogens is 326 g/mol. The summed E-state index contributed by atoms with van der Waals surface area (Å²) in [6.45, 7) is 0.532. The molecule has 2 heterocycles. The Labute approximate surface area is 142 Å². The highest BCUT2D eigenvalue weighted by molar-refractivity contribution is 6.04. The number of nitrogens with zero attached hydrogens (tertiary/aromatic N) is 2. The maximum atomic E-state index is 13.2. The molecule has 1 aromatic carbocycles. The van der Waals surface area contributed by atoms with E-state index >= 15 is 0 Å². The first-order chi connectivity index (χ1) is 12.1. The Balaban J connectivity index is 1.67. The van der Waals surface area contributed by atoms with Gasteiger partial charge in [-0.25, -0.2) is 8.78 Å². The average Bonchev–Trinajstić information content (AvgIpc) is 2.64. The third kappa shape index (κ3) is 4.35. The number of hydrogen-bond acceptors (Lipinski definition) is 4. The van der Waals surface area contributed by atoms with Crippen molar-refractivity contribution in [1.82, 2.24) is 9.97 Å². The summed E-state index contributed by atoms with van der Waals surface area (Å²) in [6, 6.07) is 8.54. The minimum atomic E-state index is -1.03. The lowest BCUT2D eigenvalue weighted by Gasteiger charge is -2.09. The maximum absolute atomic E-state index is 13.2. The Morgan fingerprint density at radius 3 is 2.60 bits per heavy atom. The van der Waals surface area contributed by atoms with Gasteiger partial charge < -0.3 is 10.6 Å². The van der Waals surface area contributed by atoms with E-state index in [1.54, 1.807) is 24.7 Å². The van der Waals surface area contributed by atoms with E-state index in [0.29, 0.717) is 17.8 Å². The van der Waals surface area contributed by atoms with Crippen LogP contribution in [0.2, 0.25) is 0 Å². The van der Waals surface area contributed by atoms with Crippen molar-refractivity contribution >= 4 is 17.3 Å². The lowest BCUT2D eigenvalue weighted by atomic mass is 10.2. The molecule has 7 heteroatoms. The molecule has 5 nitrogen and oxygen atoms in total. The number of nitrogens with one attached hydrogen (secondary N) is 2. The topological polar surface area (TPSA) is 66.9 Å². The fourth-order valence-corrected chi connectivity index (χ4v) is 2.14. The number of carbonyl (C=O) groups excluding carboxylic acids is 1. The van der Waals surface area contributed by atoms with E-state index in [2.05, 4.69) is 20.6 Å². The van der Waals surface area contributed by atoms with Gasteiger partial charge in [-0.15, -0.1) is 0 Å². The molecule has 1 amide bonds. The second-order valence-electron chi connectivity index (χ2n) is 5.26. The minimum absolute atomic E-state index is 0.164. The number of anilines is 2. The van der Waals surface area contributed by atoms with E-state index in [1.165, 1.54) is 12.3 Å². The highest BCUT2D eigenvalue weighted by Gasteiger charge is 2.09. The van der Waals surface area contributed by atoms with E-state index in [-0.39, 0.29) is 5.69 Å². The second kappa shape index (κ2) is 7.48. The molecule has 0 aliphatic carbocycles. The standard InChI is InChI=1S/C18H14F2N4O/c19-16-4-3-14(7-17(16)20)24-18(25)13-6-15(11-22-10-13)23-9-12-2-1-5-21-8-12/h1-8,10-11,23H,9H2,(H,24,25). The summed E-state index contributed by atoms with van der Waals surface area (Å²) < 4.78 is 26.1. The second-order valence-corrected chi connectivity index (χ2v) is 5.26. The molecule has 0 spiro atoms. The number of aromatic nitrogens is 2. The van der Waals surface area contributed by atoms with Gasteiger partial charge in [0.15, 0.2) is 11.6 Å². The van der Waals surface area contributed by atoms with Crippen molar-refractivity contribution in [2.75, 3.05) is 10.6 Å². The summed E-state index contributed by atoms with van der Waals surface area (Å²) in [5, 5.41) is 5.65. The zero-order chi connectivity index (χ0) is 17.6. The van der Waals surface area contributed by atoms with Gasteiger partial charge in [0.2, 0.25) is 0 Å². The third-order valence-electron chi connectivity index (χ3n) is 3.40. The molecule has 0 bridgehead atoms. The Kier molecular flexibility index (Phi) is 4.94. The maximum Gasteiger partial charge on any atom is 0.257 e. The molecule has 2 N–H and O–H groups in total. The summed E-state index contributed by atoms with van der Waals surface area (Å²) in [5.74, 6) is -2.47. The van der Waals surface area contributed by atoms with Crippen molar-refractivity contribution in [3.05, 3.63) is 83.9 Å². The van der Waals surface area contributed by atoms with Gasteiger partial charge in [0.1, 0.15) is 0 Å². The van der Waals surface area contributed by atoms with Gasteiger partial charge in [-0.2, -0.15) is 0 Å². The fourth-order valence-electron chi connectivity index (χ4n) is 2.14. The highest BCUT2D eigenvalue weighted by Crippen LogP contribution is 2.16. The molecule has 0 aliphatic heterocycles. The molecule has 25 heavy (non-hydrogen) atoms. The van der Waals surface area contributed by atoms with Crippen LogP contribution in [-0.2, 0) is 6.54 Å². The summed E-state index contributed by atoms with van der Waals surface area (Å²) in [6.07, 6.45) is 6.41. The summed E-state index contributed by atoms with van der Waals surface area (Å²) in [7, 11) is 0. The summed E-state index contributed by atoms with van der Waals surface area (Å²) in [5.41, 5.74) is 2.10. The van der Waals surface area contributed by atoms with Crippen LogP contribution in [0.3, 0.4) is 0 Å². The molecule has 0 saturated carbocycles. The van der Waals surface area contributed by atoms with Crippen LogP contribution in [0, 0.1) is 11.6 Å². The van der Waals surface area contributed by atoms with Crippen LogP contribution in [0.4, 0.5) is 20.2 Å². The lowest BCUT2D eigenvalue weighted by molar-refractivity contribution is 0.102. The molecule has 2 aromatic heterocycles. The molecule has 0 fully saturated rings. The Morgan fingerprint density at radius 1 is 0.960 bits per heavy atom. The summed E-state index contributed by atoms with van der Waals surface area (Å²) >= 11 is 0. The van der Waals surface area contributed by atoms with E-state index in [0.717, 1.165) is 17.7 Å². The number of rotatable bonds is 5. The monoisotopic (exact) mass is 340 g/mol. The van der Waals surface area contributed by atoms with Crippen molar-refractivity contribution in [1.29, 1.82) is 0 Å². The summed E-state index contributed by atoms with van der Waals surface area (Å²) in [4.78, 5) is 20.3. The first-order valence-corrected chi connectivity index (χ1v) is 7.46. The van der Waals surface area contributed by atoms with Gasteiger partial charge in [-0.3, -0.25) is 14.8 Å². The molecule has 0 unspecified atom stereocenters. The minimum Gasteiger partial charge on any atom is -0.380 e. The van der Waals surface area contributed by atoms with Crippen LogP contribution in [0.25, 0.3) is 0 Å². The lowest BCUT2D eigenvalue weighted by Crippen LogP contribution is -2.13. The smallest absolute Gasteiger partial charge is 0.257 e. The number of halogens is 2. The predicted molar refractivity (Wildman–Crippen MR) is 90.1 cm³/mol. The van der Waals surface area contributed by atoms with Crippen molar-refractivity contribution in [2.45, 2.75) is 6.54 Å². The van der Waals surface area contributed by atoms with Gasteiger partial charge in [0, 0.05) is 43.1 Å². The van der Waals surface area contributed by atoms with Gasteiger partial charge in [0.05, 0.1) is 11.3 Å². The molecule has 126 valence electrons. The van der Waals surface area contributed by atoms with Crippen molar-refractivity contribution in [3.63, 3.8) is 0 Å². The molecule has 0 atom stereocenters. The van der Waals surface area contributed by atoms with Crippen LogP contribution in [-0.4, -0.2) is 15.9 Å². The predicted octanol–water partition coefficient (Wildman–Crippen LogP) is 3.62. The van der Waals surface area contributed by atoms with E-state index in [9.17, 15) is 13.6 Å². The Bertz CT molecular complexity index is 887. The molecule has 3 aromatic rings. The quantitative estimate of drug-likeness (QED) is 0.744. The zero-order valence-electron chi connectivity index (χ0n) is 13.0. The van der Waals surface area contributed by atoms with Crippen LogP contribution >= 0.6 is 0 Å². The number of benzene rings is 1. The molecule has 0 saturated heterocycles. The number of carbonyl (C=O) groups is 1.